The highest BCUT2D eigenvalue weighted by Crippen LogP contribution is 2.67. The van der Waals surface area contributed by atoms with Gasteiger partial charge < -0.3 is 14.7 Å². The van der Waals surface area contributed by atoms with Gasteiger partial charge in [0.25, 0.3) is 0 Å². The van der Waals surface area contributed by atoms with Gasteiger partial charge in [0.15, 0.2) is 0 Å². The molecule has 0 aromatic rings. The van der Waals surface area contributed by atoms with Crippen molar-refractivity contribution in [3.8, 4) is 0 Å². The van der Waals surface area contributed by atoms with E-state index in [2.05, 4.69) is 40.7 Å². The minimum Gasteiger partial charge on any atom is -0.446 e. The lowest BCUT2D eigenvalue weighted by Crippen LogP contribution is -2.51. The number of aliphatic hydroxyl groups excluding tert-OH is 1. The zero-order valence-electron chi connectivity index (χ0n) is 24.5. The van der Waals surface area contributed by atoms with Crippen LogP contribution >= 0.6 is 0 Å². The number of fused-ring (bicyclic) bond motifs is 5. The van der Waals surface area contributed by atoms with Crippen LogP contribution in [0.15, 0.2) is 11.6 Å². The van der Waals surface area contributed by atoms with Crippen LogP contribution in [0.1, 0.15) is 118 Å². The molecule has 4 nitrogen and oxygen atoms in total. The Balaban J connectivity index is 1.22. The van der Waals surface area contributed by atoms with Gasteiger partial charge in [-0.25, -0.2) is 4.79 Å². The first-order valence-corrected chi connectivity index (χ1v) is 15.9. The zero-order chi connectivity index (χ0) is 26.4. The molecule has 8 atom stereocenters. The van der Waals surface area contributed by atoms with E-state index in [9.17, 15) is 9.90 Å². The highest BCUT2D eigenvalue weighted by Gasteiger charge is 2.59. The molecule has 1 N–H and O–H groups in total. The molecule has 0 spiro atoms. The van der Waals surface area contributed by atoms with Crippen molar-refractivity contribution in [1.82, 2.24) is 4.90 Å². The van der Waals surface area contributed by atoms with Gasteiger partial charge in [0.1, 0.15) is 6.10 Å². The van der Waals surface area contributed by atoms with E-state index in [0.29, 0.717) is 36.8 Å². The number of carbonyl (C=O) groups excluding carboxylic acids is 1. The molecule has 4 fully saturated rings. The summed E-state index contributed by atoms with van der Waals surface area (Å²) in [6, 6.07) is 0. The van der Waals surface area contributed by atoms with Gasteiger partial charge in [-0.05, 0) is 104 Å². The average molecular weight is 514 g/mol. The predicted molar refractivity (Wildman–Crippen MR) is 150 cm³/mol. The summed E-state index contributed by atoms with van der Waals surface area (Å²) in [5.74, 6) is 5.15. The van der Waals surface area contributed by atoms with E-state index in [0.717, 1.165) is 54.8 Å². The van der Waals surface area contributed by atoms with Crippen molar-refractivity contribution in [3.63, 3.8) is 0 Å². The van der Waals surface area contributed by atoms with E-state index in [4.69, 9.17) is 4.74 Å². The number of ether oxygens (including phenoxy) is 1. The first-order chi connectivity index (χ1) is 17.6. The van der Waals surface area contributed by atoms with Crippen LogP contribution in [-0.4, -0.2) is 41.4 Å². The Morgan fingerprint density at radius 3 is 2.51 bits per heavy atom. The Hall–Kier alpha value is -1.03. The summed E-state index contributed by atoms with van der Waals surface area (Å²) in [6.45, 7) is 13.8. The summed E-state index contributed by atoms with van der Waals surface area (Å²) < 4.78 is 6.03. The number of hydrogen-bond acceptors (Lipinski definition) is 3. The summed E-state index contributed by atoms with van der Waals surface area (Å²) in [5.41, 5.74) is 2.42. The van der Waals surface area contributed by atoms with Crippen LogP contribution in [0.4, 0.5) is 4.79 Å². The van der Waals surface area contributed by atoms with Crippen molar-refractivity contribution < 1.29 is 14.6 Å². The normalized spacial score (nSPS) is 41.0. The molecule has 5 rings (SSSR count). The maximum absolute atomic E-state index is 12.8. The lowest BCUT2D eigenvalue weighted by atomic mass is 9.47. The molecular weight excluding hydrogens is 458 g/mol. The van der Waals surface area contributed by atoms with Gasteiger partial charge in [0, 0.05) is 19.5 Å². The van der Waals surface area contributed by atoms with Crippen LogP contribution in [0.3, 0.4) is 0 Å². The minimum absolute atomic E-state index is 0.0200. The number of nitrogens with zero attached hydrogens (tertiary/aromatic N) is 1. The Bertz CT molecular complexity index is 845. The number of aliphatic hydroxyl groups is 1. The van der Waals surface area contributed by atoms with E-state index in [1.165, 1.54) is 51.4 Å². The molecule has 210 valence electrons. The number of allylic oxidation sites excluding steroid dienone is 1. The second kappa shape index (κ2) is 10.9. The average Bonchev–Trinajstić information content (AvgIpc) is 3.21. The van der Waals surface area contributed by atoms with E-state index in [1.807, 2.05) is 0 Å². The summed E-state index contributed by atoms with van der Waals surface area (Å²) in [7, 11) is 0. The molecule has 4 heteroatoms. The topological polar surface area (TPSA) is 49.8 Å². The van der Waals surface area contributed by atoms with Crippen molar-refractivity contribution in [2.75, 3.05) is 13.1 Å². The Kier molecular flexibility index (Phi) is 8.08. The minimum atomic E-state index is -0.264. The van der Waals surface area contributed by atoms with Crippen LogP contribution in [0.25, 0.3) is 0 Å². The summed E-state index contributed by atoms with van der Waals surface area (Å²) in [6.07, 6.45) is 17.8. The van der Waals surface area contributed by atoms with Crippen molar-refractivity contribution in [3.05, 3.63) is 11.6 Å². The number of rotatable bonds is 6. The van der Waals surface area contributed by atoms with Crippen molar-refractivity contribution in [2.45, 2.75) is 130 Å². The van der Waals surface area contributed by atoms with E-state index < -0.39 is 0 Å². The van der Waals surface area contributed by atoms with Gasteiger partial charge >= 0.3 is 6.09 Å². The molecule has 1 amide bonds. The van der Waals surface area contributed by atoms with E-state index >= 15 is 0 Å². The third kappa shape index (κ3) is 5.27. The Labute approximate surface area is 227 Å². The molecule has 5 aliphatic rings. The van der Waals surface area contributed by atoms with Crippen LogP contribution in [-0.2, 0) is 4.74 Å². The molecule has 3 unspecified atom stereocenters. The SMILES string of the molecule is CC(C)CCC[C@H](C)[C@@H]1CCC2C3CC=C4C[C@H](OC(=O)N5CCC(O)CC5)CC[C@@]4(C)C3CC[C@]21C. The second-order valence-electron chi connectivity index (χ2n) is 14.8. The van der Waals surface area contributed by atoms with Gasteiger partial charge in [-0.2, -0.15) is 0 Å². The molecule has 37 heavy (non-hydrogen) atoms. The largest absolute Gasteiger partial charge is 0.446 e. The molecule has 3 saturated carbocycles. The fourth-order valence-corrected chi connectivity index (χ4v) is 10.0. The molecule has 0 aromatic carbocycles. The first-order valence-electron chi connectivity index (χ1n) is 15.9. The maximum atomic E-state index is 12.8. The number of amides is 1. The third-order valence-corrected chi connectivity index (χ3v) is 12.3. The van der Waals surface area contributed by atoms with Gasteiger partial charge in [-0.1, -0.05) is 65.5 Å². The first kappa shape index (κ1) is 27.5. The lowest BCUT2D eigenvalue weighted by Gasteiger charge is -2.58. The number of piperidine rings is 1. The zero-order valence-corrected chi connectivity index (χ0v) is 24.5. The third-order valence-electron chi connectivity index (χ3n) is 12.3. The fourth-order valence-electron chi connectivity index (χ4n) is 10.0. The van der Waals surface area contributed by atoms with Crippen LogP contribution in [0, 0.1) is 46.3 Å². The van der Waals surface area contributed by atoms with E-state index in [1.54, 1.807) is 10.5 Å². The molecule has 4 aliphatic carbocycles. The van der Waals surface area contributed by atoms with Crippen LogP contribution in [0.2, 0.25) is 0 Å². The number of likely N-dealkylation sites (tertiary alicyclic amines) is 1. The smallest absolute Gasteiger partial charge is 0.410 e. The van der Waals surface area contributed by atoms with Gasteiger partial charge in [-0.15, -0.1) is 0 Å². The van der Waals surface area contributed by atoms with Crippen molar-refractivity contribution >= 4 is 6.09 Å². The Morgan fingerprint density at radius 2 is 1.78 bits per heavy atom. The molecule has 0 aromatic heterocycles. The molecule has 0 bridgehead atoms. The Morgan fingerprint density at radius 1 is 1.03 bits per heavy atom. The van der Waals surface area contributed by atoms with E-state index in [-0.39, 0.29) is 18.3 Å². The lowest BCUT2D eigenvalue weighted by molar-refractivity contribution is -0.0598. The van der Waals surface area contributed by atoms with Gasteiger partial charge in [-0.3, -0.25) is 0 Å². The van der Waals surface area contributed by atoms with Crippen LogP contribution in [0.5, 0.6) is 0 Å². The summed E-state index contributed by atoms with van der Waals surface area (Å²) in [4.78, 5) is 14.6. The fraction of sp³-hybridized carbons (Fsp3) is 0.909. The number of carbonyl (C=O) groups is 1. The summed E-state index contributed by atoms with van der Waals surface area (Å²) >= 11 is 0. The molecule has 1 aliphatic heterocycles. The van der Waals surface area contributed by atoms with Gasteiger partial charge in [0.2, 0.25) is 0 Å². The van der Waals surface area contributed by atoms with Crippen molar-refractivity contribution in [1.29, 1.82) is 0 Å². The van der Waals surface area contributed by atoms with Gasteiger partial charge in [0.05, 0.1) is 6.10 Å². The maximum Gasteiger partial charge on any atom is 0.410 e. The van der Waals surface area contributed by atoms with Crippen LogP contribution < -0.4 is 0 Å². The molecule has 1 heterocycles. The standard InChI is InChI=1S/C33H55NO3/c1-22(2)7-6-8-23(3)28-11-12-29-27-10-9-24-21-26(37-31(36)34-19-15-25(35)16-20-34)13-17-32(24,4)30(27)14-18-33(28,29)5/h9,22-23,25-30,35H,6-8,10-21H2,1-5H3/t23-,26+,27?,28-,29?,30?,32+,33-/m0/s1. The molecule has 0 radical (unpaired) electrons. The predicted octanol–water partition coefficient (Wildman–Crippen LogP) is 7.99. The highest BCUT2D eigenvalue weighted by molar-refractivity contribution is 5.68. The van der Waals surface area contributed by atoms with Crippen molar-refractivity contribution in [2.24, 2.45) is 46.3 Å². The molecule has 1 saturated heterocycles. The second-order valence-corrected chi connectivity index (χ2v) is 14.8. The monoisotopic (exact) mass is 513 g/mol. The highest BCUT2D eigenvalue weighted by atomic mass is 16.6. The summed E-state index contributed by atoms with van der Waals surface area (Å²) in [5, 5.41) is 9.76. The quantitative estimate of drug-likeness (QED) is 0.366. The number of hydrogen-bond donors (Lipinski definition) is 1. The molecular formula is C33H55NO3.